The van der Waals surface area contributed by atoms with Crippen LogP contribution in [0.2, 0.25) is 0 Å². The predicted molar refractivity (Wildman–Crippen MR) is 134 cm³/mol. The molecule has 2 aromatic carbocycles. The fraction of sp³-hybridized carbons (Fsp3) is 0.370. The van der Waals surface area contributed by atoms with Crippen LogP contribution in [0, 0.1) is 0 Å². The van der Waals surface area contributed by atoms with Gasteiger partial charge in [-0.05, 0) is 54.5 Å². The van der Waals surface area contributed by atoms with E-state index in [0.717, 1.165) is 40.0 Å². The molecule has 0 bridgehead atoms. The molecule has 1 N–H and O–H groups in total. The van der Waals surface area contributed by atoms with Gasteiger partial charge in [0.05, 0.1) is 12.9 Å². The number of aryl methyl sites for hydroxylation is 2. The standard InChI is InChI=1S/C27H30N2O4S/c1-3-29-14-12-19-10-11-24(28-34(2,31)32)23(25(19)27(29)30)17-18-6-4-8-21(16-18)22-9-5-7-20-13-15-33-26(20)22/h4-9,12,14,16,23-24,28H,3,10-11,13,15,17H2,1-2H3. The molecule has 3 aromatic rings. The Hall–Kier alpha value is -2.90. The lowest BCUT2D eigenvalue weighted by molar-refractivity contribution is 0.358. The van der Waals surface area contributed by atoms with Gasteiger partial charge in [0, 0.05) is 42.2 Å². The number of ether oxygens (including phenoxy) is 1. The highest BCUT2D eigenvalue weighted by Crippen LogP contribution is 2.38. The van der Waals surface area contributed by atoms with Crippen molar-refractivity contribution in [2.24, 2.45) is 0 Å². The van der Waals surface area contributed by atoms with Crippen LogP contribution < -0.4 is 15.0 Å². The molecule has 2 aliphatic rings. The van der Waals surface area contributed by atoms with Crippen molar-refractivity contribution in [3.05, 3.63) is 87.3 Å². The number of pyridine rings is 1. The van der Waals surface area contributed by atoms with Crippen LogP contribution in [0.1, 0.15) is 41.5 Å². The van der Waals surface area contributed by atoms with E-state index in [-0.39, 0.29) is 17.5 Å². The van der Waals surface area contributed by atoms with E-state index in [1.807, 2.05) is 25.3 Å². The molecule has 1 aliphatic heterocycles. The summed E-state index contributed by atoms with van der Waals surface area (Å²) < 4.78 is 34.7. The van der Waals surface area contributed by atoms with E-state index in [2.05, 4.69) is 41.1 Å². The fourth-order valence-corrected chi connectivity index (χ4v) is 6.26. The number of rotatable bonds is 6. The third-order valence-corrected chi connectivity index (χ3v) is 7.72. The van der Waals surface area contributed by atoms with Gasteiger partial charge in [0.1, 0.15) is 5.75 Å². The Morgan fingerprint density at radius 3 is 2.71 bits per heavy atom. The summed E-state index contributed by atoms with van der Waals surface area (Å²) in [7, 11) is -3.41. The summed E-state index contributed by atoms with van der Waals surface area (Å²) in [6.45, 7) is 3.23. The number of nitrogens with one attached hydrogen (secondary N) is 1. The Kier molecular flexibility index (Phi) is 6.08. The van der Waals surface area contributed by atoms with E-state index in [1.165, 1.54) is 11.8 Å². The highest BCUT2D eigenvalue weighted by Gasteiger charge is 2.34. The first kappa shape index (κ1) is 22.9. The molecule has 5 rings (SSSR count). The lowest BCUT2D eigenvalue weighted by Gasteiger charge is -2.33. The minimum Gasteiger partial charge on any atom is -0.492 e. The monoisotopic (exact) mass is 478 g/mol. The lowest BCUT2D eigenvalue weighted by Crippen LogP contribution is -2.45. The van der Waals surface area contributed by atoms with E-state index in [9.17, 15) is 13.2 Å². The van der Waals surface area contributed by atoms with Crippen LogP contribution in [0.4, 0.5) is 0 Å². The summed E-state index contributed by atoms with van der Waals surface area (Å²) in [6.07, 6.45) is 5.88. The first-order chi connectivity index (χ1) is 16.3. The molecule has 2 unspecified atom stereocenters. The van der Waals surface area contributed by atoms with Gasteiger partial charge in [-0.1, -0.05) is 42.5 Å². The molecule has 2 heterocycles. The van der Waals surface area contributed by atoms with Gasteiger partial charge in [-0.2, -0.15) is 0 Å². The van der Waals surface area contributed by atoms with Gasteiger partial charge < -0.3 is 9.30 Å². The zero-order chi connectivity index (χ0) is 23.9. The van der Waals surface area contributed by atoms with Gasteiger partial charge >= 0.3 is 0 Å². The molecule has 6 nitrogen and oxygen atoms in total. The van der Waals surface area contributed by atoms with Gasteiger partial charge in [0.15, 0.2) is 0 Å². The largest absolute Gasteiger partial charge is 0.492 e. The molecule has 0 saturated heterocycles. The van der Waals surface area contributed by atoms with E-state index < -0.39 is 10.0 Å². The summed E-state index contributed by atoms with van der Waals surface area (Å²) in [4.78, 5) is 13.3. The van der Waals surface area contributed by atoms with E-state index in [1.54, 1.807) is 4.57 Å². The van der Waals surface area contributed by atoms with Crippen LogP contribution in [-0.4, -0.2) is 31.9 Å². The minimum atomic E-state index is -3.41. The van der Waals surface area contributed by atoms with Gasteiger partial charge in [-0.15, -0.1) is 0 Å². The maximum Gasteiger partial charge on any atom is 0.254 e. The molecule has 2 atom stereocenters. The Morgan fingerprint density at radius 1 is 1.09 bits per heavy atom. The zero-order valence-electron chi connectivity index (χ0n) is 19.6. The summed E-state index contributed by atoms with van der Waals surface area (Å²) in [6, 6.07) is 16.2. The maximum absolute atomic E-state index is 13.3. The topological polar surface area (TPSA) is 77.4 Å². The summed E-state index contributed by atoms with van der Waals surface area (Å²) in [5.74, 6) is 0.711. The molecule has 0 spiro atoms. The van der Waals surface area contributed by atoms with Crippen molar-refractivity contribution in [1.29, 1.82) is 0 Å². The molecule has 0 radical (unpaired) electrons. The number of sulfonamides is 1. The van der Waals surface area contributed by atoms with Crippen LogP contribution in [-0.2, 0) is 35.8 Å². The normalized spacial score (nSPS) is 19.4. The number of benzene rings is 2. The fourth-order valence-electron chi connectivity index (χ4n) is 5.43. The second-order valence-corrected chi connectivity index (χ2v) is 11.1. The second-order valence-electron chi connectivity index (χ2n) is 9.28. The Bertz CT molecular complexity index is 1390. The van der Waals surface area contributed by atoms with Crippen molar-refractivity contribution in [1.82, 2.24) is 9.29 Å². The van der Waals surface area contributed by atoms with Crippen LogP contribution in [0.25, 0.3) is 11.1 Å². The van der Waals surface area contributed by atoms with Gasteiger partial charge in [-0.25, -0.2) is 13.1 Å². The first-order valence-electron chi connectivity index (χ1n) is 11.9. The highest BCUT2D eigenvalue weighted by atomic mass is 32.2. The van der Waals surface area contributed by atoms with Crippen molar-refractivity contribution in [2.45, 2.75) is 51.1 Å². The summed E-state index contributed by atoms with van der Waals surface area (Å²) in [5, 5.41) is 0. The number of aromatic nitrogens is 1. The Labute approximate surface area is 200 Å². The molecular formula is C27H30N2O4S. The molecule has 0 amide bonds. The minimum absolute atomic E-state index is 0.0181. The quantitative estimate of drug-likeness (QED) is 0.587. The molecule has 34 heavy (non-hydrogen) atoms. The molecule has 1 aliphatic carbocycles. The van der Waals surface area contributed by atoms with Crippen LogP contribution in [0.5, 0.6) is 5.75 Å². The first-order valence-corrected chi connectivity index (χ1v) is 13.8. The maximum atomic E-state index is 13.3. The van der Waals surface area contributed by atoms with E-state index >= 15 is 0 Å². The highest BCUT2D eigenvalue weighted by molar-refractivity contribution is 7.88. The number of fused-ring (bicyclic) bond motifs is 2. The van der Waals surface area contributed by atoms with Crippen molar-refractivity contribution in [3.8, 4) is 16.9 Å². The molecule has 0 saturated carbocycles. The van der Waals surface area contributed by atoms with Crippen molar-refractivity contribution < 1.29 is 13.2 Å². The van der Waals surface area contributed by atoms with Crippen molar-refractivity contribution in [3.63, 3.8) is 0 Å². The second kappa shape index (κ2) is 9.04. The molecule has 7 heteroatoms. The van der Waals surface area contributed by atoms with E-state index in [4.69, 9.17) is 4.74 Å². The van der Waals surface area contributed by atoms with E-state index in [0.29, 0.717) is 32.4 Å². The molecule has 1 aromatic heterocycles. The average Bonchev–Trinajstić information content (AvgIpc) is 3.29. The third kappa shape index (κ3) is 4.42. The number of hydrogen-bond donors (Lipinski definition) is 1. The SMILES string of the molecule is CCn1ccc2c(c1=O)C(Cc1cccc(-c3cccc4c3OCC4)c1)C(NS(C)(=O)=O)CC2. The van der Waals surface area contributed by atoms with Crippen LogP contribution in [0.3, 0.4) is 0 Å². The third-order valence-electron chi connectivity index (χ3n) is 6.99. The number of hydrogen-bond acceptors (Lipinski definition) is 4. The Morgan fingerprint density at radius 2 is 1.91 bits per heavy atom. The average molecular weight is 479 g/mol. The molecule has 0 fully saturated rings. The predicted octanol–water partition coefficient (Wildman–Crippen LogP) is 3.66. The number of nitrogens with zero attached hydrogens (tertiary/aromatic N) is 1. The van der Waals surface area contributed by atoms with Gasteiger partial charge in [0.2, 0.25) is 10.0 Å². The van der Waals surface area contributed by atoms with Crippen LogP contribution in [0.15, 0.2) is 59.5 Å². The Balaban J connectivity index is 1.55. The van der Waals surface area contributed by atoms with Crippen molar-refractivity contribution >= 4 is 10.0 Å². The smallest absolute Gasteiger partial charge is 0.254 e. The van der Waals surface area contributed by atoms with Crippen molar-refractivity contribution in [2.75, 3.05) is 12.9 Å². The summed E-state index contributed by atoms with van der Waals surface area (Å²) >= 11 is 0. The summed E-state index contributed by atoms with van der Waals surface area (Å²) in [5.41, 5.74) is 6.18. The van der Waals surface area contributed by atoms with Crippen LogP contribution >= 0.6 is 0 Å². The lowest BCUT2D eigenvalue weighted by atomic mass is 9.77. The van der Waals surface area contributed by atoms with Gasteiger partial charge in [0.25, 0.3) is 5.56 Å². The molecular weight excluding hydrogens is 448 g/mol. The van der Waals surface area contributed by atoms with Gasteiger partial charge in [-0.3, -0.25) is 4.79 Å². The zero-order valence-corrected chi connectivity index (χ0v) is 20.4. The molecule has 178 valence electrons. The number of para-hydroxylation sites is 1.